The maximum Gasteiger partial charge on any atom is 0.319 e. The second-order valence-corrected chi connectivity index (χ2v) is 6.03. The molecular weight excluding hydrogens is 388 g/mol. The highest BCUT2D eigenvalue weighted by Gasteiger charge is 2.18. The van der Waals surface area contributed by atoms with E-state index >= 15 is 0 Å². The van der Waals surface area contributed by atoms with Gasteiger partial charge in [-0.25, -0.2) is 24.7 Å². The molecule has 3 heterocycles. The van der Waals surface area contributed by atoms with Crippen LogP contribution in [0, 0.1) is 6.92 Å². The lowest BCUT2D eigenvalue weighted by atomic mass is 10.2. The van der Waals surface area contributed by atoms with Crippen LogP contribution in [0.1, 0.15) is 24.4 Å². The topological polar surface area (TPSA) is 111 Å². The Morgan fingerprint density at radius 2 is 2.00 bits per heavy atom. The van der Waals surface area contributed by atoms with Gasteiger partial charge in [-0.1, -0.05) is 0 Å². The lowest BCUT2D eigenvalue weighted by molar-refractivity contribution is 0.248. The molecule has 0 saturated heterocycles. The molecule has 10 heteroatoms. The molecule has 0 bridgehead atoms. The van der Waals surface area contributed by atoms with Crippen LogP contribution in [-0.2, 0) is 0 Å². The second kappa shape index (κ2) is 7.34. The molecule has 0 aliphatic heterocycles. The zero-order chi connectivity index (χ0) is 17.8. The second-order valence-electron chi connectivity index (χ2n) is 5.22. The molecule has 0 fully saturated rings. The number of urea groups is 1. The van der Waals surface area contributed by atoms with Crippen LogP contribution in [0.3, 0.4) is 0 Å². The molecule has 0 aromatic carbocycles. The number of hydrogen-bond acceptors (Lipinski definition) is 6. The van der Waals surface area contributed by atoms with Gasteiger partial charge in [-0.05, 0) is 47.5 Å². The predicted molar refractivity (Wildman–Crippen MR) is 94.2 cm³/mol. The highest BCUT2D eigenvalue weighted by atomic mass is 79.9. The summed E-state index contributed by atoms with van der Waals surface area (Å²) in [5.74, 6) is 0.906. The van der Waals surface area contributed by atoms with E-state index in [9.17, 15) is 4.79 Å². The zero-order valence-electron chi connectivity index (χ0n) is 13.5. The third-order valence-corrected chi connectivity index (χ3v) is 3.81. The molecule has 0 radical (unpaired) electrons. The van der Waals surface area contributed by atoms with Crippen LogP contribution >= 0.6 is 15.9 Å². The van der Waals surface area contributed by atoms with Gasteiger partial charge in [0.2, 0.25) is 0 Å². The van der Waals surface area contributed by atoms with E-state index in [2.05, 4.69) is 51.6 Å². The van der Waals surface area contributed by atoms with Gasteiger partial charge < -0.3 is 10.6 Å². The number of nitrogens with zero attached hydrogens (tertiary/aromatic N) is 6. The normalized spacial score (nSPS) is 11.8. The summed E-state index contributed by atoms with van der Waals surface area (Å²) >= 11 is 3.29. The van der Waals surface area contributed by atoms with Crippen molar-refractivity contribution in [1.82, 2.24) is 35.0 Å². The van der Waals surface area contributed by atoms with Gasteiger partial charge in [-0.15, -0.1) is 0 Å². The van der Waals surface area contributed by atoms with Crippen molar-refractivity contribution < 1.29 is 4.79 Å². The fraction of sp³-hybridized carbons (Fsp3) is 0.200. The van der Waals surface area contributed by atoms with Gasteiger partial charge in [-0.2, -0.15) is 9.78 Å². The molecule has 25 heavy (non-hydrogen) atoms. The van der Waals surface area contributed by atoms with E-state index in [0.717, 1.165) is 5.56 Å². The maximum atomic E-state index is 12.3. The molecule has 1 atom stereocenters. The van der Waals surface area contributed by atoms with E-state index in [4.69, 9.17) is 0 Å². The Hall–Kier alpha value is -2.88. The largest absolute Gasteiger partial charge is 0.328 e. The molecule has 2 amide bonds. The molecule has 128 valence electrons. The molecule has 3 aromatic rings. The number of carbonyl (C=O) groups excluding carboxylic acids is 1. The lowest BCUT2D eigenvalue weighted by Crippen LogP contribution is -2.33. The summed E-state index contributed by atoms with van der Waals surface area (Å²) < 4.78 is 2.19. The fourth-order valence-corrected chi connectivity index (χ4v) is 2.62. The maximum absolute atomic E-state index is 12.3. The fourth-order valence-electron chi connectivity index (χ4n) is 2.17. The van der Waals surface area contributed by atoms with Gasteiger partial charge >= 0.3 is 6.03 Å². The summed E-state index contributed by atoms with van der Waals surface area (Å²) in [6.07, 6.45) is 6.21. The van der Waals surface area contributed by atoms with Crippen molar-refractivity contribution in [2.75, 3.05) is 5.32 Å². The summed E-state index contributed by atoms with van der Waals surface area (Å²) in [5, 5.41) is 9.70. The molecule has 0 aliphatic rings. The average molecular weight is 403 g/mol. The van der Waals surface area contributed by atoms with Crippen molar-refractivity contribution in [2.24, 2.45) is 0 Å². The van der Waals surface area contributed by atoms with Gasteiger partial charge in [0.25, 0.3) is 5.95 Å². The number of rotatable bonds is 4. The Kier molecular flexibility index (Phi) is 4.98. The summed E-state index contributed by atoms with van der Waals surface area (Å²) in [4.78, 5) is 28.8. The standard InChI is InChI=1S/C15H15BrN8O/c1-9-6-12(16)19-7-11(9)23-15(25)22-10(2)13-20-8-21-24(13)14-17-4-3-5-18-14/h3-8,10H,1-2H3,(H2,22,23,25)/t10-/m0/s1. The van der Waals surface area contributed by atoms with E-state index in [1.54, 1.807) is 31.6 Å². The quantitative estimate of drug-likeness (QED) is 0.648. The summed E-state index contributed by atoms with van der Waals surface area (Å²) in [6.45, 7) is 3.69. The van der Waals surface area contributed by atoms with Crippen molar-refractivity contribution in [3.05, 3.63) is 53.0 Å². The first-order valence-corrected chi connectivity index (χ1v) is 8.21. The number of amides is 2. The number of nitrogens with one attached hydrogen (secondary N) is 2. The smallest absolute Gasteiger partial charge is 0.319 e. The first-order valence-electron chi connectivity index (χ1n) is 7.41. The van der Waals surface area contributed by atoms with E-state index < -0.39 is 6.04 Å². The Balaban J connectivity index is 1.71. The molecule has 0 unspecified atom stereocenters. The average Bonchev–Trinajstić information content (AvgIpc) is 3.08. The molecule has 3 rings (SSSR count). The number of pyridine rings is 1. The van der Waals surface area contributed by atoms with E-state index in [1.807, 2.05) is 13.0 Å². The van der Waals surface area contributed by atoms with Crippen molar-refractivity contribution in [2.45, 2.75) is 19.9 Å². The van der Waals surface area contributed by atoms with Crippen LogP contribution in [0.4, 0.5) is 10.5 Å². The molecule has 2 N–H and O–H groups in total. The molecule has 0 saturated carbocycles. The minimum Gasteiger partial charge on any atom is -0.328 e. The van der Waals surface area contributed by atoms with Crippen LogP contribution in [-0.4, -0.2) is 35.7 Å². The molecule has 3 aromatic heterocycles. The van der Waals surface area contributed by atoms with Crippen LogP contribution in [0.25, 0.3) is 5.95 Å². The molecule has 9 nitrogen and oxygen atoms in total. The number of anilines is 1. The van der Waals surface area contributed by atoms with Gasteiger partial charge in [0.05, 0.1) is 17.9 Å². The molecular formula is C15H15BrN8O. The Morgan fingerprint density at radius 1 is 1.24 bits per heavy atom. The number of halogens is 1. The van der Waals surface area contributed by atoms with Crippen molar-refractivity contribution in [1.29, 1.82) is 0 Å². The van der Waals surface area contributed by atoms with Crippen molar-refractivity contribution in [3.8, 4) is 5.95 Å². The third-order valence-electron chi connectivity index (χ3n) is 3.38. The third kappa shape index (κ3) is 3.97. The van der Waals surface area contributed by atoms with Crippen molar-refractivity contribution in [3.63, 3.8) is 0 Å². The highest BCUT2D eigenvalue weighted by Crippen LogP contribution is 2.17. The van der Waals surface area contributed by atoms with Crippen LogP contribution in [0.2, 0.25) is 0 Å². The Bertz CT molecular complexity index is 882. The highest BCUT2D eigenvalue weighted by molar-refractivity contribution is 9.10. The summed E-state index contributed by atoms with van der Waals surface area (Å²) in [7, 11) is 0. The van der Waals surface area contributed by atoms with Gasteiger partial charge in [0, 0.05) is 12.4 Å². The predicted octanol–water partition coefficient (Wildman–Crippen LogP) is 2.41. The van der Waals surface area contributed by atoms with E-state index in [1.165, 1.54) is 11.0 Å². The van der Waals surface area contributed by atoms with E-state index in [-0.39, 0.29) is 6.03 Å². The number of carbonyl (C=O) groups is 1. The number of aromatic nitrogens is 6. The van der Waals surface area contributed by atoms with E-state index in [0.29, 0.717) is 22.1 Å². The minimum absolute atomic E-state index is 0.372. The van der Waals surface area contributed by atoms with Gasteiger partial charge in [0.1, 0.15) is 10.9 Å². The summed E-state index contributed by atoms with van der Waals surface area (Å²) in [6, 6.07) is 2.75. The SMILES string of the molecule is Cc1cc(Br)ncc1NC(=O)N[C@@H](C)c1ncnn1-c1ncccn1. The van der Waals surface area contributed by atoms with Crippen LogP contribution in [0.5, 0.6) is 0 Å². The van der Waals surface area contributed by atoms with Crippen LogP contribution < -0.4 is 10.6 Å². The minimum atomic E-state index is -0.407. The number of hydrogen-bond donors (Lipinski definition) is 2. The Labute approximate surface area is 152 Å². The molecule has 0 aliphatic carbocycles. The van der Waals surface area contributed by atoms with Gasteiger partial charge in [-0.3, -0.25) is 0 Å². The number of aryl methyl sites for hydroxylation is 1. The first kappa shape index (κ1) is 17.0. The first-order chi connectivity index (χ1) is 12.0. The Morgan fingerprint density at radius 3 is 2.72 bits per heavy atom. The summed E-state index contributed by atoms with van der Waals surface area (Å²) in [5.41, 5.74) is 1.52. The van der Waals surface area contributed by atoms with Crippen molar-refractivity contribution >= 4 is 27.6 Å². The molecule has 0 spiro atoms. The monoisotopic (exact) mass is 402 g/mol. The zero-order valence-corrected chi connectivity index (χ0v) is 15.1. The lowest BCUT2D eigenvalue weighted by Gasteiger charge is -2.15. The van der Waals surface area contributed by atoms with Gasteiger partial charge in [0.15, 0.2) is 5.82 Å². The van der Waals surface area contributed by atoms with Crippen LogP contribution in [0.15, 0.2) is 41.7 Å².